The minimum atomic E-state index is -0.145. The van der Waals surface area contributed by atoms with Gasteiger partial charge in [-0.1, -0.05) is 6.92 Å². The second kappa shape index (κ2) is 3.05. The van der Waals surface area contributed by atoms with Crippen LogP contribution in [0.1, 0.15) is 14.0 Å². The Hall–Kier alpha value is -1.58. The molecule has 0 bridgehead atoms. The van der Waals surface area contributed by atoms with E-state index in [1.807, 2.05) is 19.1 Å². The molecule has 70 valence electrons. The van der Waals surface area contributed by atoms with Crippen LogP contribution in [0.25, 0.3) is 0 Å². The topological polar surface area (TPSA) is 51.2 Å². The summed E-state index contributed by atoms with van der Waals surface area (Å²) in [5, 5.41) is 2.66. The van der Waals surface area contributed by atoms with Gasteiger partial charge in [0.25, 0.3) is 5.91 Å². The van der Waals surface area contributed by atoms with E-state index in [1.54, 1.807) is 0 Å². The minimum absolute atomic E-state index is 0. The third-order valence-corrected chi connectivity index (χ3v) is 1.89. The van der Waals surface area contributed by atoms with E-state index in [-0.39, 0.29) is 13.9 Å². The van der Waals surface area contributed by atoms with Gasteiger partial charge in [-0.3, -0.25) is 4.79 Å². The average molecular weight is 180 g/mol. The first-order chi connectivity index (χ1) is 6.29. The van der Waals surface area contributed by atoms with Gasteiger partial charge >= 0.3 is 0 Å². The summed E-state index contributed by atoms with van der Waals surface area (Å²) in [7, 11) is 0. The number of anilines is 1. The zero-order valence-corrected chi connectivity index (χ0v) is 7.33. The van der Waals surface area contributed by atoms with E-state index in [4.69, 9.17) is 4.74 Å². The van der Waals surface area contributed by atoms with Gasteiger partial charge in [0.2, 0.25) is 0 Å². The molecular formula is C9H12N2O2. The molecule has 0 fully saturated rings. The Morgan fingerprint density at radius 2 is 2.54 bits per heavy atom. The third kappa shape index (κ3) is 1.47. The van der Waals surface area contributed by atoms with Gasteiger partial charge in [-0.05, 0) is 18.6 Å². The van der Waals surface area contributed by atoms with E-state index in [1.165, 1.54) is 0 Å². The fourth-order valence-electron chi connectivity index (χ4n) is 1.20. The molecule has 1 amide bonds. The van der Waals surface area contributed by atoms with Crippen molar-refractivity contribution >= 4 is 11.7 Å². The molecule has 0 unspecified atom stereocenters. The van der Waals surface area contributed by atoms with Gasteiger partial charge in [0.15, 0.2) is 18.2 Å². The fraction of sp³-hybridized carbons (Fsp3) is 0.333. The summed E-state index contributed by atoms with van der Waals surface area (Å²) in [6, 6.07) is 3.73. The Morgan fingerprint density at radius 3 is 3.31 bits per heavy atom. The number of ether oxygens (including phenoxy) is 1. The molecule has 1 aliphatic heterocycles. The number of rotatable bonds is 1. The number of aromatic nitrogens is 1. The van der Waals surface area contributed by atoms with Crippen LogP contribution in [0.5, 0.6) is 5.75 Å². The molecule has 0 saturated carbocycles. The van der Waals surface area contributed by atoms with Crippen LogP contribution in [-0.2, 0) is 11.2 Å². The number of nitrogens with one attached hydrogen (secondary N) is 1. The molecule has 0 radical (unpaired) electrons. The van der Waals surface area contributed by atoms with Gasteiger partial charge in [0.1, 0.15) is 0 Å². The lowest BCUT2D eigenvalue weighted by Gasteiger charge is -2.16. The first-order valence-electron chi connectivity index (χ1n) is 4.22. The van der Waals surface area contributed by atoms with Crippen molar-refractivity contribution < 1.29 is 11.0 Å². The minimum Gasteiger partial charge on any atom is -0.480 e. The Bertz CT molecular complexity index is 355. The molecular weight excluding hydrogens is 168 g/mol. The zero-order chi connectivity index (χ0) is 9.26. The molecule has 0 spiro atoms. The number of aryl methyl sites for hydroxylation is 1. The Labute approximate surface area is 77.4 Å². The monoisotopic (exact) mass is 180 g/mol. The molecule has 2 heterocycles. The van der Waals surface area contributed by atoms with Crippen molar-refractivity contribution in [3.8, 4) is 5.75 Å². The van der Waals surface area contributed by atoms with Crippen molar-refractivity contribution in [1.82, 2.24) is 4.98 Å². The van der Waals surface area contributed by atoms with E-state index in [0.717, 1.165) is 12.1 Å². The van der Waals surface area contributed by atoms with Crippen LogP contribution in [0.2, 0.25) is 0 Å². The van der Waals surface area contributed by atoms with E-state index in [0.29, 0.717) is 11.6 Å². The highest BCUT2D eigenvalue weighted by molar-refractivity contribution is 5.94. The Kier molecular flexibility index (Phi) is 1.88. The summed E-state index contributed by atoms with van der Waals surface area (Å²) in [5.74, 6) is 1.04. The number of nitrogens with zero attached hydrogens (tertiary/aromatic N) is 1. The summed E-state index contributed by atoms with van der Waals surface area (Å²) in [6.45, 7) is 2.10. The van der Waals surface area contributed by atoms with Gasteiger partial charge in [0, 0.05) is 7.12 Å². The predicted octanol–water partition coefficient (Wildman–Crippen LogP) is 1.22. The summed E-state index contributed by atoms with van der Waals surface area (Å²) in [6.07, 6.45) is 0.850. The van der Waals surface area contributed by atoms with Crippen LogP contribution >= 0.6 is 0 Å². The molecule has 0 aliphatic carbocycles. The van der Waals surface area contributed by atoms with Crippen LogP contribution in [0.3, 0.4) is 0 Å². The molecule has 13 heavy (non-hydrogen) atoms. The van der Waals surface area contributed by atoms with Gasteiger partial charge in [-0.2, -0.15) is 0 Å². The van der Waals surface area contributed by atoms with Gasteiger partial charge in [-0.25, -0.2) is 4.98 Å². The van der Waals surface area contributed by atoms with Crippen LogP contribution in [-0.4, -0.2) is 17.5 Å². The van der Waals surface area contributed by atoms with Crippen molar-refractivity contribution in [2.24, 2.45) is 0 Å². The van der Waals surface area contributed by atoms with Crippen molar-refractivity contribution in [2.45, 2.75) is 13.3 Å². The van der Waals surface area contributed by atoms with Crippen LogP contribution in [0.4, 0.5) is 5.82 Å². The van der Waals surface area contributed by atoms with E-state index >= 15 is 0 Å². The molecule has 1 aliphatic rings. The highest BCUT2D eigenvalue weighted by Crippen LogP contribution is 2.25. The molecule has 0 saturated heterocycles. The van der Waals surface area contributed by atoms with Crippen molar-refractivity contribution in [3.05, 3.63) is 17.8 Å². The number of carbonyl (C=O) groups excluding carboxylic acids is 1. The summed E-state index contributed by atoms with van der Waals surface area (Å²) in [4.78, 5) is 15.2. The second-order valence-electron chi connectivity index (χ2n) is 2.84. The quantitative estimate of drug-likeness (QED) is 0.707. The molecule has 1 N–H and O–H groups in total. The average Bonchev–Trinajstić information content (AvgIpc) is 2.16. The molecule has 1 aromatic heterocycles. The number of pyridine rings is 1. The lowest BCUT2D eigenvalue weighted by Crippen LogP contribution is -2.26. The lowest BCUT2D eigenvalue weighted by molar-refractivity contribution is -0.118. The smallest absolute Gasteiger partial charge is 0.263 e. The summed E-state index contributed by atoms with van der Waals surface area (Å²) in [5.41, 5.74) is 0.949. The highest BCUT2D eigenvalue weighted by Gasteiger charge is 2.16. The number of carbonyl (C=O) groups is 1. The van der Waals surface area contributed by atoms with Gasteiger partial charge in [0.05, 0.1) is 0 Å². The van der Waals surface area contributed by atoms with Crippen molar-refractivity contribution in [1.29, 1.82) is 0 Å². The normalized spacial score (nSPS) is 14.4. The maximum absolute atomic E-state index is 10.9. The zero-order valence-electron chi connectivity index (χ0n) is 7.33. The molecule has 0 aromatic carbocycles. The van der Waals surface area contributed by atoms with Crippen molar-refractivity contribution in [3.63, 3.8) is 0 Å². The van der Waals surface area contributed by atoms with Crippen LogP contribution in [0.15, 0.2) is 12.1 Å². The van der Waals surface area contributed by atoms with Crippen LogP contribution in [0, 0.1) is 0 Å². The molecule has 2 rings (SSSR count). The van der Waals surface area contributed by atoms with Crippen molar-refractivity contribution in [2.75, 3.05) is 11.9 Å². The van der Waals surface area contributed by atoms with Crippen LogP contribution < -0.4 is 10.1 Å². The fourth-order valence-corrected chi connectivity index (χ4v) is 1.20. The molecule has 1 aromatic rings. The van der Waals surface area contributed by atoms with Gasteiger partial charge in [-0.15, -0.1) is 0 Å². The second-order valence-corrected chi connectivity index (χ2v) is 2.84. The lowest BCUT2D eigenvalue weighted by atomic mass is 10.2. The maximum atomic E-state index is 10.9. The molecule has 4 heteroatoms. The molecule has 4 nitrogen and oxygen atoms in total. The number of fused-ring (bicyclic) bond motifs is 1. The first kappa shape index (κ1) is 8.04. The first-order valence-corrected chi connectivity index (χ1v) is 4.22. The van der Waals surface area contributed by atoms with Gasteiger partial charge < -0.3 is 10.1 Å². The number of hydrogen-bond donors (Lipinski definition) is 1. The van der Waals surface area contributed by atoms with E-state index in [2.05, 4.69) is 10.3 Å². The molecule has 0 atom stereocenters. The maximum Gasteiger partial charge on any atom is 0.263 e. The Balaban J connectivity index is 0.000000980. The highest BCUT2D eigenvalue weighted by atomic mass is 16.5. The summed E-state index contributed by atoms with van der Waals surface area (Å²) < 4.78 is 5.16. The largest absolute Gasteiger partial charge is 0.480 e. The Morgan fingerprint density at radius 1 is 1.69 bits per heavy atom. The predicted molar refractivity (Wildman–Crippen MR) is 49.9 cm³/mol. The standard InChI is InChI=1S/C9H10N2O2.H2/c1-2-6-3-4-7-9(10-6)11-8(12)5-13-7;/h3-4H,2,5H2,1H3,(H,10,11,12);1H. The number of amides is 1. The SMILES string of the molecule is CCc1ccc2c(n1)NC(=O)CO2.[HH]. The van der Waals surface area contributed by atoms with E-state index < -0.39 is 0 Å². The third-order valence-electron chi connectivity index (χ3n) is 1.89. The summed E-state index contributed by atoms with van der Waals surface area (Å²) >= 11 is 0. The van der Waals surface area contributed by atoms with E-state index in [9.17, 15) is 4.79 Å². The number of hydrogen-bond acceptors (Lipinski definition) is 3.